The highest BCUT2D eigenvalue weighted by molar-refractivity contribution is 6.40. The summed E-state index contributed by atoms with van der Waals surface area (Å²) in [5.74, 6) is -2.63. The van der Waals surface area contributed by atoms with Gasteiger partial charge in [0.15, 0.2) is 18.2 Å². The second kappa shape index (κ2) is 14.4. The molecule has 13 nitrogen and oxygen atoms in total. The van der Waals surface area contributed by atoms with Crippen LogP contribution < -0.4 is 5.48 Å². The van der Waals surface area contributed by atoms with E-state index < -0.39 is 65.4 Å². The van der Waals surface area contributed by atoms with Gasteiger partial charge in [-0.05, 0) is 17.7 Å². The standard InChI is InChI=1S/C38H34ClN5O8/c39-38(32(49)26-17-9-3-10-18-26)41-35(42-51-22-24-13-5-1-6-14-24)37(31(48)25-15-7-2-8-16-25)36(44(38)33(50)27-19-11-4-12-20-27)43(23-40-37)34-30(47)29(46)28(21-45)52-34/h1-20,23,28-30,34,36,45-47H,21-22H2,(H,41,42)/t28-,29?,30?,34-,36?,37?,38?/m1/s1. The number of amides is 1. The Bertz CT molecular complexity index is 1990. The Hall–Kier alpha value is -5.28. The predicted molar refractivity (Wildman–Crippen MR) is 189 cm³/mol. The number of rotatable bonds is 10. The number of hydroxylamine groups is 1. The van der Waals surface area contributed by atoms with Crippen LogP contribution in [0.2, 0.25) is 0 Å². The second-order valence-corrected chi connectivity index (χ2v) is 12.9. The van der Waals surface area contributed by atoms with Crippen LogP contribution in [0.25, 0.3) is 0 Å². The lowest BCUT2D eigenvalue weighted by molar-refractivity contribution is -0.106. The van der Waals surface area contributed by atoms with Crippen LogP contribution in [0, 0.1) is 0 Å². The first-order valence-corrected chi connectivity index (χ1v) is 16.8. The minimum Gasteiger partial charge on any atom is -0.394 e. The van der Waals surface area contributed by atoms with Crippen LogP contribution in [0.15, 0.2) is 131 Å². The number of amidine groups is 1. The van der Waals surface area contributed by atoms with Crippen molar-refractivity contribution in [3.63, 3.8) is 0 Å². The van der Waals surface area contributed by atoms with Gasteiger partial charge < -0.3 is 25.0 Å². The van der Waals surface area contributed by atoms with Crippen molar-refractivity contribution in [1.29, 1.82) is 0 Å². The van der Waals surface area contributed by atoms with Crippen molar-refractivity contribution >= 4 is 41.2 Å². The molecule has 266 valence electrons. The molecule has 52 heavy (non-hydrogen) atoms. The van der Waals surface area contributed by atoms with Gasteiger partial charge in [-0.25, -0.2) is 15.5 Å². The van der Waals surface area contributed by atoms with Gasteiger partial charge in [0.1, 0.15) is 18.3 Å². The van der Waals surface area contributed by atoms with Crippen LogP contribution in [0.4, 0.5) is 0 Å². The first kappa shape index (κ1) is 35.1. The minimum absolute atomic E-state index is 0.0169. The summed E-state index contributed by atoms with van der Waals surface area (Å²) in [6.07, 6.45) is -6.45. The highest BCUT2D eigenvalue weighted by Crippen LogP contribution is 2.47. The van der Waals surface area contributed by atoms with Gasteiger partial charge in [-0.15, -0.1) is 0 Å². The number of benzene rings is 4. The maximum absolute atomic E-state index is 15.1. The van der Waals surface area contributed by atoms with Crippen molar-refractivity contribution in [2.75, 3.05) is 6.61 Å². The van der Waals surface area contributed by atoms with Crippen LogP contribution in [0.5, 0.6) is 0 Å². The molecule has 3 heterocycles. The molecule has 7 rings (SSSR count). The third-order valence-corrected chi connectivity index (χ3v) is 9.68. The number of Topliss-reactive ketones (excluding diaryl/α,β-unsaturated/α-hetero) is 2. The normalized spacial score (nSPS) is 27.9. The predicted octanol–water partition coefficient (Wildman–Crippen LogP) is 2.77. The number of ether oxygens (including phenoxy) is 1. The number of ketones is 2. The molecular formula is C38H34ClN5O8. The van der Waals surface area contributed by atoms with E-state index in [1.165, 1.54) is 35.5 Å². The SMILES string of the molecule is O=C(c1ccccc1)N1C2N([C@@H]3O[C@H](CO)C(O)C3O)C=NC2(C(=O)c2ccccc2)C(NOCc2ccccc2)=NC1(Cl)C(=O)c1ccccc1. The Kier molecular flexibility index (Phi) is 9.72. The fraction of sp³-hybridized carbons (Fsp3) is 0.237. The summed E-state index contributed by atoms with van der Waals surface area (Å²) in [6, 6.07) is 33.2. The fourth-order valence-corrected chi connectivity index (χ4v) is 7.00. The lowest BCUT2D eigenvalue weighted by atomic mass is 9.82. The second-order valence-electron chi connectivity index (χ2n) is 12.4. The zero-order valence-electron chi connectivity index (χ0n) is 27.5. The Labute approximate surface area is 303 Å². The molecule has 0 radical (unpaired) electrons. The Morgan fingerprint density at radius 3 is 1.88 bits per heavy atom. The molecule has 0 bridgehead atoms. The molecule has 4 N–H and O–H groups in total. The summed E-state index contributed by atoms with van der Waals surface area (Å²) in [5, 5.41) is 29.5. The van der Waals surface area contributed by atoms with Gasteiger partial charge in [0.05, 0.1) is 19.6 Å². The van der Waals surface area contributed by atoms with E-state index in [2.05, 4.69) is 10.5 Å². The third kappa shape index (κ3) is 5.96. The van der Waals surface area contributed by atoms with Crippen molar-refractivity contribution in [2.24, 2.45) is 9.98 Å². The number of hydrogen-bond acceptors (Lipinski definition) is 12. The van der Waals surface area contributed by atoms with Crippen LogP contribution >= 0.6 is 11.6 Å². The Morgan fingerprint density at radius 1 is 0.788 bits per heavy atom. The summed E-state index contributed by atoms with van der Waals surface area (Å²) in [7, 11) is 0. The number of hydrogen-bond donors (Lipinski definition) is 4. The van der Waals surface area contributed by atoms with E-state index in [4.69, 9.17) is 26.2 Å². The Balaban J connectivity index is 1.47. The summed E-state index contributed by atoms with van der Waals surface area (Å²) >= 11 is 7.42. The fourth-order valence-electron chi connectivity index (χ4n) is 6.64. The van der Waals surface area contributed by atoms with E-state index >= 15 is 4.79 Å². The van der Waals surface area contributed by atoms with Crippen molar-refractivity contribution in [3.05, 3.63) is 144 Å². The average molecular weight is 724 g/mol. The van der Waals surface area contributed by atoms with Crippen LogP contribution in [0.3, 0.4) is 0 Å². The first-order valence-electron chi connectivity index (χ1n) is 16.5. The molecule has 4 aromatic carbocycles. The van der Waals surface area contributed by atoms with Gasteiger partial charge in [0.25, 0.3) is 11.0 Å². The van der Waals surface area contributed by atoms with Gasteiger partial charge in [0, 0.05) is 16.7 Å². The van der Waals surface area contributed by atoms with Crippen molar-refractivity contribution in [1.82, 2.24) is 15.3 Å². The number of aliphatic imine (C=N–C) groups is 2. The molecule has 3 aliphatic rings. The van der Waals surface area contributed by atoms with Crippen LogP contribution in [0.1, 0.15) is 36.6 Å². The quantitative estimate of drug-likeness (QED) is 0.0825. The van der Waals surface area contributed by atoms with Gasteiger partial charge in [-0.2, -0.15) is 0 Å². The number of nitrogens with zero attached hydrogens (tertiary/aromatic N) is 4. The van der Waals surface area contributed by atoms with Crippen LogP contribution in [-0.4, -0.2) is 103 Å². The van der Waals surface area contributed by atoms with Crippen LogP contribution in [-0.2, 0) is 16.2 Å². The van der Waals surface area contributed by atoms with Crippen molar-refractivity contribution < 1.29 is 39.3 Å². The maximum atomic E-state index is 15.1. The van der Waals surface area contributed by atoms with E-state index in [-0.39, 0.29) is 29.1 Å². The number of halogens is 1. The minimum atomic E-state index is -2.59. The number of carbonyl (C=O) groups excluding carboxylic acids is 3. The molecular weight excluding hydrogens is 690 g/mol. The van der Waals surface area contributed by atoms with Gasteiger partial charge in [-0.3, -0.25) is 24.1 Å². The van der Waals surface area contributed by atoms with Gasteiger partial charge in [0.2, 0.25) is 17.1 Å². The molecule has 3 aliphatic heterocycles. The molecule has 0 saturated carbocycles. The summed E-state index contributed by atoms with van der Waals surface area (Å²) in [4.78, 5) is 62.2. The van der Waals surface area contributed by atoms with E-state index in [0.29, 0.717) is 0 Å². The molecule has 0 aromatic heterocycles. The molecule has 0 spiro atoms. The highest BCUT2D eigenvalue weighted by Gasteiger charge is 2.69. The van der Waals surface area contributed by atoms with E-state index in [9.17, 15) is 24.9 Å². The average Bonchev–Trinajstić information content (AvgIpc) is 3.72. The zero-order valence-corrected chi connectivity index (χ0v) is 28.2. The van der Waals surface area contributed by atoms with E-state index in [1.54, 1.807) is 66.7 Å². The summed E-state index contributed by atoms with van der Waals surface area (Å²) < 4.78 is 5.94. The van der Waals surface area contributed by atoms with Gasteiger partial charge in [-0.1, -0.05) is 121 Å². The molecule has 7 atom stereocenters. The number of nitrogens with one attached hydrogen (secondary N) is 1. The van der Waals surface area contributed by atoms with Crippen molar-refractivity contribution in [3.8, 4) is 0 Å². The number of aliphatic hydroxyl groups excluding tert-OH is 3. The first-order chi connectivity index (χ1) is 25.2. The Morgan fingerprint density at radius 2 is 1.33 bits per heavy atom. The molecule has 1 fully saturated rings. The summed E-state index contributed by atoms with van der Waals surface area (Å²) in [5.41, 5.74) is 1.65. The molecule has 5 unspecified atom stereocenters. The highest BCUT2D eigenvalue weighted by atomic mass is 35.5. The molecule has 0 aliphatic carbocycles. The number of aliphatic hydroxyl groups is 3. The van der Waals surface area contributed by atoms with E-state index in [1.807, 2.05) is 30.3 Å². The molecule has 14 heteroatoms. The smallest absolute Gasteiger partial charge is 0.279 e. The van der Waals surface area contributed by atoms with Gasteiger partial charge >= 0.3 is 0 Å². The largest absolute Gasteiger partial charge is 0.394 e. The maximum Gasteiger partial charge on any atom is 0.279 e. The number of fused-ring (bicyclic) bond motifs is 1. The topological polar surface area (TPSA) is 174 Å². The number of alkyl halides is 1. The summed E-state index contributed by atoms with van der Waals surface area (Å²) in [6.45, 7) is -0.671. The molecule has 4 aromatic rings. The lowest BCUT2D eigenvalue weighted by Gasteiger charge is -2.52. The van der Waals surface area contributed by atoms with E-state index in [0.717, 1.165) is 10.5 Å². The number of carbonyl (C=O) groups is 3. The molecule has 1 saturated heterocycles. The lowest BCUT2D eigenvalue weighted by Crippen LogP contribution is -2.76. The monoisotopic (exact) mass is 723 g/mol. The zero-order chi connectivity index (χ0) is 36.5. The molecule has 1 amide bonds. The van der Waals surface area contributed by atoms with Crippen molar-refractivity contribution in [2.45, 2.75) is 48.0 Å². The third-order valence-electron chi connectivity index (χ3n) is 9.24.